The van der Waals surface area contributed by atoms with Gasteiger partial charge >= 0.3 is 0 Å². The summed E-state index contributed by atoms with van der Waals surface area (Å²) in [7, 11) is 0. The van der Waals surface area contributed by atoms with Crippen molar-refractivity contribution in [3.05, 3.63) is 70.4 Å². The first-order valence-corrected chi connectivity index (χ1v) is 12.1. The molecule has 1 aromatic heterocycles. The lowest BCUT2D eigenvalue weighted by molar-refractivity contribution is -0.128. The van der Waals surface area contributed by atoms with E-state index in [4.69, 9.17) is 16.3 Å². The predicted molar refractivity (Wildman–Crippen MR) is 129 cm³/mol. The third kappa shape index (κ3) is 5.09. The minimum atomic E-state index is -0.483. The minimum Gasteiger partial charge on any atom is -0.393 e. The van der Waals surface area contributed by atoms with E-state index >= 15 is 0 Å². The molecule has 0 unspecified atom stereocenters. The van der Waals surface area contributed by atoms with Gasteiger partial charge in [0.25, 0.3) is 0 Å². The molecule has 2 aliphatic rings. The number of nitrogens with one attached hydrogen (secondary N) is 2. The number of amides is 1. The smallest absolute Gasteiger partial charge is 0.230 e. The Morgan fingerprint density at radius 3 is 2.70 bits per heavy atom. The fourth-order valence-electron chi connectivity index (χ4n) is 4.83. The zero-order valence-electron chi connectivity index (χ0n) is 18.8. The molecule has 1 saturated heterocycles. The molecule has 2 aromatic carbocycles. The van der Waals surface area contributed by atoms with Crippen LogP contribution in [0.15, 0.2) is 48.7 Å². The second-order valence-corrected chi connectivity index (χ2v) is 9.70. The van der Waals surface area contributed by atoms with Gasteiger partial charge in [-0.25, -0.2) is 5.43 Å². The lowest BCUT2D eigenvalue weighted by Crippen LogP contribution is -2.45. The first kappa shape index (κ1) is 22.4. The van der Waals surface area contributed by atoms with Crippen LogP contribution in [-0.4, -0.2) is 34.3 Å². The Hall–Kier alpha value is -2.38. The van der Waals surface area contributed by atoms with Gasteiger partial charge < -0.3 is 14.4 Å². The number of hydrazine groups is 1. The Labute approximate surface area is 198 Å². The van der Waals surface area contributed by atoms with Gasteiger partial charge in [-0.3, -0.25) is 10.2 Å². The third-order valence-electron chi connectivity index (χ3n) is 6.57. The Kier molecular flexibility index (Phi) is 6.43. The van der Waals surface area contributed by atoms with E-state index in [0.717, 1.165) is 33.8 Å². The van der Waals surface area contributed by atoms with Crippen molar-refractivity contribution in [2.24, 2.45) is 0 Å². The van der Waals surface area contributed by atoms with Crippen molar-refractivity contribution in [2.75, 3.05) is 6.54 Å². The van der Waals surface area contributed by atoms with Crippen LogP contribution in [0.5, 0.6) is 0 Å². The highest BCUT2D eigenvalue weighted by Gasteiger charge is 2.31. The Balaban J connectivity index is 1.41. The van der Waals surface area contributed by atoms with Crippen LogP contribution in [0.3, 0.4) is 0 Å². The first-order chi connectivity index (χ1) is 16.0. The highest BCUT2D eigenvalue weighted by molar-refractivity contribution is 6.35. The van der Waals surface area contributed by atoms with Crippen molar-refractivity contribution < 1.29 is 14.6 Å². The Bertz CT molecular complexity index is 1140. The second kappa shape index (κ2) is 9.47. The molecule has 6 nitrogen and oxygen atoms in total. The van der Waals surface area contributed by atoms with E-state index in [1.54, 1.807) is 0 Å². The molecule has 3 N–H and O–H groups in total. The van der Waals surface area contributed by atoms with Crippen molar-refractivity contribution in [2.45, 2.75) is 63.4 Å². The summed E-state index contributed by atoms with van der Waals surface area (Å²) in [5, 5.41) is 12.3. The Morgan fingerprint density at radius 1 is 1.18 bits per heavy atom. The Morgan fingerprint density at radius 2 is 1.97 bits per heavy atom. The van der Waals surface area contributed by atoms with Crippen molar-refractivity contribution in [3.8, 4) is 0 Å². The van der Waals surface area contributed by atoms with E-state index in [0.29, 0.717) is 19.4 Å². The lowest BCUT2D eigenvalue weighted by Gasteiger charge is -2.34. The van der Waals surface area contributed by atoms with Crippen LogP contribution < -0.4 is 10.9 Å². The molecule has 0 radical (unpaired) electrons. The van der Waals surface area contributed by atoms with Crippen molar-refractivity contribution in [1.82, 2.24) is 15.4 Å². The number of carbonyl (C=O) groups is 1. The number of aliphatic hydroxyl groups is 1. The molecule has 0 bridgehead atoms. The van der Waals surface area contributed by atoms with E-state index in [1.165, 1.54) is 30.9 Å². The fraction of sp³-hybridized carbons (Fsp3) is 0.423. The summed E-state index contributed by atoms with van der Waals surface area (Å²) in [6.07, 6.45) is 5.50. The molecule has 3 atom stereocenters. The van der Waals surface area contributed by atoms with Gasteiger partial charge in [0, 0.05) is 37.9 Å². The molecule has 7 heteroatoms. The van der Waals surface area contributed by atoms with Crippen LogP contribution in [0.4, 0.5) is 0 Å². The van der Waals surface area contributed by atoms with Crippen LogP contribution >= 0.6 is 11.6 Å². The molecule has 2 heterocycles. The summed E-state index contributed by atoms with van der Waals surface area (Å²) in [5.74, 6) is 0.585. The minimum absolute atomic E-state index is 0.163. The summed E-state index contributed by atoms with van der Waals surface area (Å²) >= 11 is 6.66. The highest BCUT2D eigenvalue weighted by Crippen LogP contribution is 2.40. The van der Waals surface area contributed by atoms with E-state index in [1.807, 2.05) is 12.1 Å². The van der Waals surface area contributed by atoms with Crippen LogP contribution in [0.2, 0.25) is 5.02 Å². The van der Waals surface area contributed by atoms with Gasteiger partial charge in [0.1, 0.15) is 6.23 Å². The number of aliphatic hydroxyl groups excluding tert-OH is 1. The topological polar surface area (TPSA) is 75.5 Å². The number of hydrogen-bond donors (Lipinski definition) is 3. The fourth-order valence-corrected chi connectivity index (χ4v) is 5.12. The molecule has 1 saturated carbocycles. The molecule has 1 aliphatic carbocycles. The van der Waals surface area contributed by atoms with Gasteiger partial charge in [-0.2, -0.15) is 0 Å². The molecular weight excluding hydrogens is 438 g/mol. The van der Waals surface area contributed by atoms with E-state index in [9.17, 15) is 9.90 Å². The third-order valence-corrected chi connectivity index (χ3v) is 6.89. The number of halogens is 1. The molecule has 0 spiro atoms. The molecule has 1 amide bonds. The number of hydrogen-bond acceptors (Lipinski definition) is 4. The number of benzene rings is 2. The summed E-state index contributed by atoms with van der Waals surface area (Å²) in [6.45, 7) is 1.87. The number of fused-ring (bicyclic) bond motifs is 1. The summed E-state index contributed by atoms with van der Waals surface area (Å²) < 4.78 is 8.43. The molecule has 33 heavy (non-hydrogen) atoms. The predicted octanol–water partition coefficient (Wildman–Crippen LogP) is 4.44. The second-order valence-electron chi connectivity index (χ2n) is 9.29. The number of rotatable bonds is 7. The maximum absolute atomic E-state index is 11.1. The van der Waals surface area contributed by atoms with Crippen LogP contribution in [0.25, 0.3) is 10.9 Å². The van der Waals surface area contributed by atoms with E-state index in [-0.39, 0.29) is 18.2 Å². The van der Waals surface area contributed by atoms with Gasteiger partial charge in [0.15, 0.2) is 0 Å². The molecule has 2 fully saturated rings. The number of aromatic nitrogens is 1. The van der Waals surface area contributed by atoms with E-state index in [2.05, 4.69) is 51.9 Å². The normalized spacial score (nSPS) is 23.1. The maximum Gasteiger partial charge on any atom is 0.230 e. The van der Waals surface area contributed by atoms with E-state index < -0.39 is 6.10 Å². The quantitative estimate of drug-likeness (QED) is 0.449. The largest absolute Gasteiger partial charge is 0.393 e. The summed E-state index contributed by atoms with van der Waals surface area (Å²) in [4.78, 5) is 11.1. The zero-order chi connectivity index (χ0) is 22.9. The molecule has 3 aromatic rings. The molecule has 1 aliphatic heterocycles. The molecule has 5 rings (SSSR count). The van der Waals surface area contributed by atoms with Gasteiger partial charge in [0.2, 0.25) is 5.91 Å². The van der Waals surface area contributed by atoms with Gasteiger partial charge in [-0.1, -0.05) is 41.9 Å². The SMILES string of the molecule is CC(=O)NNC[C@@H]1C[C@H](O)C[C@H](n2cc(Cc3ccc(C4CC4)cc3)c3c(Cl)cccc32)O1. The van der Waals surface area contributed by atoms with Crippen LogP contribution in [0.1, 0.15) is 61.4 Å². The monoisotopic (exact) mass is 467 g/mol. The zero-order valence-corrected chi connectivity index (χ0v) is 19.5. The standard InChI is InChI=1S/C26H30ClN3O3/c1-16(31)29-28-14-22-12-21(32)13-25(33-22)30-15-20(26-23(27)3-2-4-24(26)30)11-17-5-7-18(8-6-17)19-9-10-19/h2-8,15,19,21-22,25,28,32H,9-14H2,1H3,(H,29,31)/t21-,22-,25+/m0/s1. The average Bonchev–Trinajstić information content (AvgIpc) is 3.56. The van der Waals surface area contributed by atoms with Gasteiger partial charge in [0.05, 0.1) is 22.7 Å². The number of carbonyl (C=O) groups excluding carboxylic acids is 1. The van der Waals surface area contributed by atoms with Crippen LogP contribution in [0, 0.1) is 0 Å². The molecule has 174 valence electrons. The summed E-state index contributed by atoms with van der Waals surface area (Å²) in [6, 6.07) is 14.9. The van der Waals surface area contributed by atoms with Crippen molar-refractivity contribution in [3.63, 3.8) is 0 Å². The van der Waals surface area contributed by atoms with Gasteiger partial charge in [-0.05, 0) is 54.0 Å². The van der Waals surface area contributed by atoms with Crippen molar-refractivity contribution >= 4 is 28.4 Å². The molecular formula is C26H30ClN3O3. The van der Waals surface area contributed by atoms with Gasteiger partial charge in [-0.15, -0.1) is 0 Å². The lowest BCUT2D eigenvalue weighted by atomic mass is 10.0. The highest BCUT2D eigenvalue weighted by atomic mass is 35.5. The number of nitrogens with zero attached hydrogens (tertiary/aromatic N) is 1. The van der Waals surface area contributed by atoms with Crippen molar-refractivity contribution in [1.29, 1.82) is 0 Å². The number of ether oxygens (including phenoxy) is 1. The first-order valence-electron chi connectivity index (χ1n) is 11.7. The average molecular weight is 468 g/mol. The maximum atomic E-state index is 11.1. The van der Waals surface area contributed by atoms with Crippen LogP contribution in [-0.2, 0) is 16.0 Å². The summed E-state index contributed by atoms with van der Waals surface area (Å²) in [5.41, 5.74) is 10.3.